The van der Waals surface area contributed by atoms with Crippen molar-refractivity contribution in [3.8, 4) is 0 Å². The number of carbonyl (C=O) groups is 1. The molecule has 0 radical (unpaired) electrons. The van der Waals surface area contributed by atoms with Gasteiger partial charge in [-0.15, -0.1) is 0 Å². The molecule has 1 amide bonds. The molecule has 0 spiro atoms. The van der Waals surface area contributed by atoms with Crippen molar-refractivity contribution >= 4 is 5.91 Å². The summed E-state index contributed by atoms with van der Waals surface area (Å²) in [4.78, 5) is 13.0. The van der Waals surface area contributed by atoms with Gasteiger partial charge < -0.3 is 10.3 Å². The van der Waals surface area contributed by atoms with Crippen molar-refractivity contribution in [2.75, 3.05) is 13.1 Å². The molecule has 4 nitrogen and oxygen atoms in total. The van der Waals surface area contributed by atoms with Gasteiger partial charge in [0.15, 0.2) is 0 Å². The molecule has 1 heterocycles. The van der Waals surface area contributed by atoms with Gasteiger partial charge in [0.2, 0.25) is 5.91 Å². The number of hydrazine groups is 1. The third-order valence-electron chi connectivity index (χ3n) is 2.48. The van der Waals surface area contributed by atoms with Gasteiger partial charge in [-0.1, -0.05) is 12.2 Å². The second-order valence-electron chi connectivity index (χ2n) is 3.57. The van der Waals surface area contributed by atoms with Crippen LogP contribution in [-0.2, 0) is 4.79 Å². The lowest BCUT2D eigenvalue weighted by atomic mass is 10.0. The Morgan fingerprint density at radius 1 is 1.57 bits per heavy atom. The maximum absolute atomic E-state index is 11.2. The molecule has 0 aliphatic carbocycles. The van der Waals surface area contributed by atoms with Crippen LogP contribution in [-0.4, -0.2) is 23.9 Å². The first-order valence-electron chi connectivity index (χ1n) is 4.66. The van der Waals surface area contributed by atoms with E-state index in [1.54, 1.807) is 11.8 Å². The first-order chi connectivity index (χ1) is 6.56. The molecule has 0 bridgehead atoms. The summed E-state index contributed by atoms with van der Waals surface area (Å²) in [6, 6.07) is 0. The SMILES string of the molecule is C=C(C)C1=C(NN)CCN(C(C)=O)C1. The van der Waals surface area contributed by atoms with Gasteiger partial charge in [0.1, 0.15) is 0 Å². The summed E-state index contributed by atoms with van der Waals surface area (Å²) in [7, 11) is 0. The smallest absolute Gasteiger partial charge is 0.219 e. The molecule has 0 saturated carbocycles. The van der Waals surface area contributed by atoms with Crippen LogP contribution in [0.25, 0.3) is 0 Å². The zero-order chi connectivity index (χ0) is 10.7. The molecule has 78 valence electrons. The van der Waals surface area contributed by atoms with Crippen LogP contribution >= 0.6 is 0 Å². The first-order valence-corrected chi connectivity index (χ1v) is 4.66. The van der Waals surface area contributed by atoms with Crippen LogP contribution in [0.1, 0.15) is 20.3 Å². The molecule has 0 aromatic rings. The summed E-state index contributed by atoms with van der Waals surface area (Å²) < 4.78 is 0. The zero-order valence-electron chi connectivity index (χ0n) is 8.76. The van der Waals surface area contributed by atoms with Crippen LogP contribution in [0.2, 0.25) is 0 Å². The Bertz CT molecular complexity index is 294. The molecule has 0 atom stereocenters. The fourth-order valence-corrected chi connectivity index (χ4v) is 1.58. The van der Waals surface area contributed by atoms with Crippen molar-refractivity contribution in [2.24, 2.45) is 5.84 Å². The molecule has 1 rings (SSSR count). The van der Waals surface area contributed by atoms with Crippen molar-refractivity contribution in [1.29, 1.82) is 0 Å². The highest BCUT2D eigenvalue weighted by Crippen LogP contribution is 2.20. The van der Waals surface area contributed by atoms with Crippen LogP contribution in [0.15, 0.2) is 23.4 Å². The second-order valence-corrected chi connectivity index (χ2v) is 3.57. The van der Waals surface area contributed by atoms with E-state index in [4.69, 9.17) is 5.84 Å². The minimum absolute atomic E-state index is 0.0971. The zero-order valence-corrected chi connectivity index (χ0v) is 8.76. The number of carbonyl (C=O) groups excluding carboxylic acids is 1. The molecule has 0 aromatic carbocycles. The third-order valence-corrected chi connectivity index (χ3v) is 2.48. The Morgan fingerprint density at radius 3 is 2.64 bits per heavy atom. The molecular weight excluding hydrogens is 178 g/mol. The van der Waals surface area contributed by atoms with E-state index in [9.17, 15) is 4.79 Å². The van der Waals surface area contributed by atoms with Gasteiger partial charge >= 0.3 is 0 Å². The topological polar surface area (TPSA) is 58.4 Å². The van der Waals surface area contributed by atoms with E-state index in [0.29, 0.717) is 6.54 Å². The highest BCUT2D eigenvalue weighted by Gasteiger charge is 2.20. The molecule has 0 unspecified atom stereocenters. The van der Waals surface area contributed by atoms with Crippen LogP contribution < -0.4 is 11.3 Å². The lowest BCUT2D eigenvalue weighted by Gasteiger charge is -2.30. The molecule has 0 saturated heterocycles. The largest absolute Gasteiger partial charge is 0.338 e. The molecule has 14 heavy (non-hydrogen) atoms. The van der Waals surface area contributed by atoms with Crippen molar-refractivity contribution in [2.45, 2.75) is 20.3 Å². The number of nitrogens with two attached hydrogens (primary N) is 1. The van der Waals surface area contributed by atoms with Crippen molar-refractivity contribution in [1.82, 2.24) is 10.3 Å². The molecule has 3 N–H and O–H groups in total. The summed E-state index contributed by atoms with van der Waals surface area (Å²) >= 11 is 0. The Kier molecular flexibility index (Phi) is 3.30. The fraction of sp³-hybridized carbons (Fsp3) is 0.500. The van der Waals surface area contributed by atoms with Crippen LogP contribution in [0.4, 0.5) is 0 Å². The molecule has 1 aliphatic heterocycles. The standard InChI is InChI=1S/C10H17N3O/c1-7(2)9-6-13(8(3)14)5-4-10(9)12-11/h12H,1,4-6,11H2,2-3H3. The van der Waals surface area contributed by atoms with Gasteiger partial charge in [-0.05, 0) is 12.5 Å². The maximum Gasteiger partial charge on any atom is 0.219 e. The predicted molar refractivity (Wildman–Crippen MR) is 56.0 cm³/mol. The third kappa shape index (κ3) is 2.14. The first kappa shape index (κ1) is 10.8. The second kappa shape index (κ2) is 4.28. The van der Waals surface area contributed by atoms with E-state index in [-0.39, 0.29) is 5.91 Å². The molecule has 4 heteroatoms. The summed E-state index contributed by atoms with van der Waals surface area (Å²) in [5.74, 6) is 5.50. The quantitative estimate of drug-likeness (QED) is 0.499. The van der Waals surface area contributed by atoms with Gasteiger partial charge in [0.25, 0.3) is 0 Å². The number of nitrogens with zero attached hydrogens (tertiary/aromatic N) is 1. The number of amides is 1. The van der Waals surface area contributed by atoms with Gasteiger partial charge in [-0.25, -0.2) is 0 Å². The van der Waals surface area contributed by atoms with E-state index >= 15 is 0 Å². The van der Waals surface area contributed by atoms with E-state index in [0.717, 1.165) is 29.8 Å². The fourth-order valence-electron chi connectivity index (χ4n) is 1.58. The van der Waals surface area contributed by atoms with E-state index in [2.05, 4.69) is 12.0 Å². The maximum atomic E-state index is 11.2. The van der Waals surface area contributed by atoms with Crippen LogP contribution in [0, 0.1) is 0 Å². The Hall–Kier alpha value is -1.29. The van der Waals surface area contributed by atoms with Crippen LogP contribution in [0.5, 0.6) is 0 Å². The number of hydrogen-bond acceptors (Lipinski definition) is 3. The van der Waals surface area contributed by atoms with Gasteiger partial charge in [0, 0.05) is 32.1 Å². The van der Waals surface area contributed by atoms with Gasteiger partial charge in [-0.3, -0.25) is 10.6 Å². The average Bonchev–Trinajstić information content (AvgIpc) is 2.16. The minimum Gasteiger partial charge on any atom is -0.338 e. The monoisotopic (exact) mass is 195 g/mol. The van der Waals surface area contributed by atoms with E-state index in [1.807, 2.05) is 6.92 Å². The highest BCUT2D eigenvalue weighted by molar-refractivity contribution is 5.74. The Labute approximate surface area is 84.4 Å². The normalized spacial score (nSPS) is 16.9. The Morgan fingerprint density at radius 2 is 2.21 bits per heavy atom. The van der Waals surface area contributed by atoms with Crippen molar-refractivity contribution < 1.29 is 4.79 Å². The summed E-state index contributed by atoms with van der Waals surface area (Å²) in [5.41, 5.74) is 5.68. The number of rotatable bonds is 2. The van der Waals surface area contributed by atoms with E-state index in [1.165, 1.54) is 0 Å². The summed E-state index contributed by atoms with van der Waals surface area (Å²) in [5, 5.41) is 0. The molecule has 0 fully saturated rings. The van der Waals surface area contributed by atoms with E-state index < -0.39 is 0 Å². The van der Waals surface area contributed by atoms with Crippen molar-refractivity contribution in [3.63, 3.8) is 0 Å². The number of hydrogen-bond donors (Lipinski definition) is 2. The predicted octanol–water partition coefficient (Wildman–Crippen LogP) is 0.532. The Balaban J connectivity index is 2.87. The van der Waals surface area contributed by atoms with Crippen LogP contribution in [0.3, 0.4) is 0 Å². The average molecular weight is 195 g/mol. The lowest BCUT2D eigenvalue weighted by Crippen LogP contribution is -2.39. The summed E-state index contributed by atoms with van der Waals surface area (Å²) in [6.45, 7) is 8.73. The molecular formula is C10H17N3O. The van der Waals surface area contributed by atoms with Gasteiger partial charge in [-0.2, -0.15) is 0 Å². The highest BCUT2D eigenvalue weighted by atomic mass is 16.2. The summed E-state index contributed by atoms with van der Waals surface area (Å²) in [6.07, 6.45) is 0.776. The lowest BCUT2D eigenvalue weighted by molar-refractivity contribution is -0.128. The van der Waals surface area contributed by atoms with Crippen molar-refractivity contribution in [3.05, 3.63) is 23.4 Å². The number of nitrogens with one attached hydrogen (secondary N) is 1. The minimum atomic E-state index is 0.0971. The van der Waals surface area contributed by atoms with Gasteiger partial charge in [0.05, 0.1) is 0 Å². The molecule has 1 aliphatic rings. The molecule has 0 aromatic heterocycles.